The Kier molecular flexibility index (Phi) is 6.39. The molecule has 1 unspecified atom stereocenters. The molecular weight excluding hydrogens is 344 g/mol. The number of hydrogen-bond donors (Lipinski definition) is 1. The number of carbonyl (C=O) groups is 1. The molecule has 1 atom stereocenters. The van der Waals surface area contributed by atoms with Gasteiger partial charge in [-0.05, 0) is 39.9 Å². The van der Waals surface area contributed by atoms with E-state index in [-0.39, 0.29) is 18.5 Å². The topological polar surface area (TPSA) is 62.5 Å². The van der Waals surface area contributed by atoms with E-state index >= 15 is 0 Å². The summed E-state index contributed by atoms with van der Waals surface area (Å²) in [6, 6.07) is -1.21. The van der Waals surface area contributed by atoms with E-state index in [1.165, 1.54) is 0 Å². The summed E-state index contributed by atoms with van der Waals surface area (Å²) in [5.41, 5.74) is -4.34. The van der Waals surface area contributed by atoms with Crippen molar-refractivity contribution in [1.82, 2.24) is 9.47 Å². The van der Waals surface area contributed by atoms with Crippen molar-refractivity contribution in [2.75, 3.05) is 20.6 Å². The number of pyridine rings is 1. The highest BCUT2D eigenvalue weighted by atomic mass is 19.4. The van der Waals surface area contributed by atoms with E-state index in [1.54, 1.807) is 19.0 Å². The Morgan fingerprint density at radius 2 is 1.84 bits per heavy atom. The normalized spacial score (nSPS) is 14.0. The fourth-order valence-electron chi connectivity index (χ4n) is 2.41. The van der Waals surface area contributed by atoms with Crippen molar-refractivity contribution in [2.45, 2.75) is 44.6 Å². The monoisotopic (exact) mass is 366 g/mol. The van der Waals surface area contributed by atoms with Crippen molar-refractivity contribution in [2.24, 2.45) is 0 Å². The highest BCUT2D eigenvalue weighted by molar-refractivity contribution is 5.72. The van der Waals surface area contributed by atoms with Gasteiger partial charge in [0.25, 0.3) is 5.56 Å². The minimum atomic E-state index is -4.74. The summed E-state index contributed by atoms with van der Waals surface area (Å²) >= 11 is 0. The van der Waals surface area contributed by atoms with Crippen molar-refractivity contribution in [3.63, 3.8) is 0 Å². The lowest BCUT2D eigenvalue weighted by Crippen LogP contribution is -2.35. The molecule has 0 saturated heterocycles. The maximum Gasteiger partial charge on any atom is 0.416 e. The first kappa shape index (κ1) is 21.1. The Morgan fingerprint density at radius 3 is 2.24 bits per heavy atom. The van der Waals surface area contributed by atoms with Crippen LogP contribution in [0.4, 0.5) is 17.6 Å². The van der Waals surface area contributed by atoms with Crippen LogP contribution in [0.1, 0.15) is 37.4 Å². The van der Waals surface area contributed by atoms with Crippen LogP contribution in [0.3, 0.4) is 0 Å². The lowest BCUT2D eigenvalue weighted by atomic mass is 9.99. The highest BCUT2D eigenvalue weighted by Gasteiger charge is 2.36. The smallest absolute Gasteiger partial charge is 0.416 e. The van der Waals surface area contributed by atoms with Crippen LogP contribution in [0.2, 0.25) is 0 Å². The van der Waals surface area contributed by atoms with Crippen LogP contribution >= 0.6 is 0 Å². The molecule has 0 aliphatic heterocycles. The van der Waals surface area contributed by atoms with Crippen LogP contribution in [0.15, 0.2) is 17.1 Å². The second kappa shape index (κ2) is 7.55. The Morgan fingerprint density at radius 1 is 1.28 bits per heavy atom. The number of aromatic nitrogens is 1. The largest absolute Gasteiger partial charge is 0.480 e. The second-order valence-electron chi connectivity index (χ2n) is 6.79. The number of aliphatic carboxylic acids is 1. The number of carboxylic acid groups (broad SMARTS) is 1. The molecule has 25 heavy (non-hydrogen) atoms. The van der Waals surface area contributed by atoms with Gasteiger partial charge in [0.2, 0.25) is 0 Å². The molecule has 0 aromatic carbocycles. The molecule has 0 spiro atoms. The van der Waals surface area contributed by atoms with Crippen LogP contribution in [0.5, 0.6) is 0 Å². The summed E-state index contributed by atoms with van der Waals surface area (Å²) in [5.74, 6) is -1.48. The van der Waals surface area contributed by atoms with E-state index in [2.05, 4.69) is 0 Å². The average Bonchev–Trinajstić information content (AvgIpc) is 2.41. The molecule has 0 radical (unpaired) electrons. The van der Waals surface area contributed by atoms with Crippen molar-refractivity contribution < 1.29 is 27.5 Å². The van der Waals surface area contributed by atoms with E-state index in [4.69, 9.17) is 0 Å². The van der Waals surface area contributed by atoms with Crippen LogP contribution in [-0.4, -0.2) is 46.9 Å². The summed E-state index contributed by atoms with van der Waals surface area (Å²) in [7, 11) is 3.35. The van der Waals surface area contributed by atoms with Gasteiger partial charge >= 0.3 is 12.1 Å². The SMILES string of the molecule is CN(C)CCc1cn(C(CC(C)(C)F)C(=O)O)c(=O)cc1C(F)(F)F. The van der Waals surface area contributed by atoms with Crippen molar-refractivity contribution in [3.05, 3.63) is 33.7 Å². The summed E-state index contributed by atoms with van der Waals surface area (Å²) in [6.45, 7) is 2.56. The number of halogens is 4. The number of carboxylic acids is 1. The van der Waals surface area contributed by atoms with Gasteiger partial charge in [-0.25, -0.2) is 9.18 Å². The van der Waals surface area contributed by atoms with Crippen molar-refractivity contribution in [3.8, 4) is 0 Å². The highest BCUT2D eigenvalue weighted by Crippen LogP contribution is 2.32. The van der Waals surface area contributed by atoms with E-state index in [0.717, 1.165) is 20.0 Å². The molecule has 1 rings (SSSR count). The summed E-state index contributed by atoms with van der Waals surface area (Å²) in [5, 5.41) is 9.30. The van der Waals surface area contributed by atoms with Gasteiger partial charge in [0.1, 0.15) is 11.7 Å². The predicted molar refractivity (Wildman–Crippen MR) is 84.4 cm³/mol. The zero-order valence-corrected chi connectivity index (χ0v) is 14.5. The molecule has 5 nitrogen and oxygen atoms in total. The van der Waals surface area contributed by atoms with Gasteiger partial charge in [-0.1, -0.05) is 0 Å². The van der Waals surface area contributed by atoms with E-state index in [1.807, 2.05) is 0 Å². The first-order valence-corrected chi connectivity index (χ1v) is 7.61. The first-order chi connectivity index (χ1) is 11.2. The number of nitrogens with zero attached hydrogens (tertiary/aromatic N) is 2. The third-order valence-corrected chi connectivity index (χ3v) is 3.60. The van der Waals surface area contributed by atoms with E-state index in [0.29, 0.717) is 10.6 Å². The van der Waals surface area contributed by atoms with Gasteiger partial charge < -0.3 is 14.6 Å². The molecule has 0 aliphatic rings. The predicted octanol–water partition coefficient (Wildman–Crippen LogP) is 2.74. The molecule has 0 amide bonds. The number of rotatable bonds is 7. The zero-order chi connectivity index (χ0) is 19.6. The van der Waals surface area contributed by atoms with Gasteiger partial charge in [-0.2, -0.15) is 13.2 Å². The average molecular weight is 366 g/mol. The fraction of sp³-hybridized carbons (Fsp3) is 0.625. The van der Waals surface area contributed by atoms with Crippen molar-refractivity contribution in [1.29, 1.82) is 0 Å². The van der Waals surface area contributed by atoms with Gasteiger partial charge in [0.15, 0.2) is 0 Å². The standard InChI is InChI=1S/C16H22F4N2O3/c1-15(2,17)8-12(14(24)25)22-9-10(5-6-21(3)4)11(7-13(22)23)16(18,19)20/h7,9,12H,5-6,8H2,1-4H3,(H,24,25). The van der Waals surface area contributed by atoms with E-state index < -0.39 is 41.4 Å². The van der Waals surface area contributed by atoms with E-state index in [9.17, 15) is 32.3 Å². The molecule has 9 heteroatoms. The molecule has 0 bridgehead atoms. The molecular formula is C16H22F4N2O3. The van der Waals surface area contributed by atoms with Gasteiger partial charge in [-0.3, -0.25) is 4.79 Å². The minimum absolute atomic E-state index is 0.0342. The quantitative estimate of drug-likeness (QED) is 0.754. The molecule has 0 saturated carbocycles. The lowest BCUT2D eigenvalue weighted by molar-refractivity contribution is -0.142. The maximum absolute atomic E-state index is 13.9. The van der Waals surface area contributed by atoms with Gasteiger partial charge in [-0.15, -0.1) is 0 Å². The molecule has 0 fully saturated rings. The third kappa shape index (κ3) is 6.15. The molecule has 1 N–H and O–H groups in total. The Balaban J connectivity index is 3.47. The zero-order valence-electron chi connectivity index (χ0n) is 14.5. The molecule has 1 aromatic rings. The van der Waals surface area contributed by atoms with Crippen LogP contribution in [0, 0.1) is 0 Å². The Bertz CT molecular complexity index is 675. The third-order valence-electron chi connectivity index (χ3n) is 3.60. The Hall–Kier alpha value is -1.90. The van der Waals surface area contributed by atoms with Gasteiger partial charge in [0.05, 0.1) is 5.56 Å². The van der Waals surface area contributed by atoms with Crippen molar-refractivity contribution >= 4 is 5.97 Å². The molecule has 0 aliphatic carbocycles. The summed E-state index contributed by atoms with van der Waals surface area (Å²) < 4.78 is 54.1. The van der Waals surface area contributed by atoms with Crippen LogP contribution < -0.4 is 5.56 Å². The molecule has 1 heterocycles. The number of hydrogen-bond acceptors (Lipinski definition) is 3. The number of likely N-dealkylation sites (N-methyl/N-ethyl adjacent to an activating group) is 1. The molecule has 142 valence electrons. The summed E-state index contributed by atoms with van der Waals surface area (Å²) in [6.07, 6.45) is -4.43. The lowest BCUT2D eigenvalue weighted by Gasteiger charge is -2.24. The first-order valence-electron chi connectivity index (χ1n) is 7.61. The summed E-state index contributed by atoms with van der Waals surface area (Å²) in [4.78, 5) is 25.2. The Labute approximate surface area is 142 Å². The van der Waals surface area contributed by atoms with Gasteiger partial charge in [0, 0.05) is 25.2 Å². The van der Waals surface area contributed by atoms with Crippen LogP contribution in [0.25, 0.3) is 0 Å². The minimum Gasteiger partial charge on any atom is -0.480 e. The number of alkyl halides is 4. The maximum atomic E-state index is 13.9. The van der Waals surface area contributed by atoms with Crippen LogP contribution in [-0.2, 0) is 17.4 Å². The molecule has 1 aromatic heterocycles. The fourth-order valence-corrected chi connectivity index (χ4v) is 2.41. The second-order valence-corrected chi connectivity index (χ2v) is 6.79.